The number of hydrogen-bond donors (Lipinski definition) is 5. The lowest BCUT2D eigenvalue weighted by Crippen LogP contribution is -2.65. The summed E-state index contributed by atoms with van der Waals surface area (Å²) < 4.78 is 13.3. The summed E-state index contributed by atoms with van der Waals surface area (Å²) in [5, 5.41) is 19.7. The number of carbonyl (C=O) groups excluding carboxylic acids is 2. The maximum absolute atomic E-state index is 13.8. The van der Waals surface area contributed by atoms with Gasteiger partial charge in [-0.25, -0.2) is 0 Å². The van der Waals surface area contributed by atoms with Crippen LogP contribution in [0.4, 0.5) is 0 Å². The van der Waals surface area contributed by atoms with E-state index in [9.17, 15) is 9.59 Å². The summed E-state index contributed by atoms with van der Waals surface area (Å²) >= 11 is 0. The van der Waals surface area contributed by atoms with E-state index >= 15 is 0 Å². The third kappa shape index (κ3) is 6.74. The van der Waals surface area contributed by atoms with Crippen molar-refractivity contribution in [1.29, 1.82) is 5.41 Å². The van der Waals surface area contributed by atoms with Gasteiger partial charge in [-0.05, 0) is 74.7 Å². The summed E-state index contributed by atoms with van der Waals surface area (Å²) in [6, 6.07) is 8.86. The molecule has 3 saturated carbocycles. The highest BCUT2D eigenvalue weighted by Gasteiger charge is 2.68. The van der Waals surface area contributed by atoms with Gasteiger partial charge in [-0.3, -0.25) is 15.0 Å². The van der Waals surface area contributed by atoms with Crippen LogP contribution in [0.2, 0.25) is 0 Å². The summed E-state index contributed by atoms with van der Waals surface area (Å²) in [6.07, 6.45) is 3.94. The van der Waals surface area contributed by atoms with Gasteiger partial charge in [-0.2, -0.15) is 0 Å². The average molecular weight is 568 g/mol. The van der Waals surface area contributed by atoms with Crippen LogP contribution in [0.15, 0.2) is 30.3 Å². The van der Waals surface area contributed by atoms with E-state index in [4.69, 9.17) is 14.7 Å². The van der Waals surface area contributed by atoms with Gasteiger partial charge in [0, 0.05) is 13.6 Å². The summed E-state index contributed by atoms with van der Waals surface area (Å²) in [5.41, 5.74) is 0.782. The van der Waals surface area contributed by atoms with Crippen LogP contribution in [0.5, 0.6) is 0 Å². The topological polar surface area (TPSA) is 125 Å². The van der Waals surface area contributed by atoms with E-state index in [1.165, 1.54) is 6.42 Å². The predicted octanol–water partition coefficient (Wildman–Crippen LogP) is 3.60. The first kappa shape index (κ1) is 31.4. The van der Waals surface area contributed by atoms with E-state index < -0.39 is 19.1 Å². The first-order chi connectivity index (χ1) is 19.4. The van der Waals surface area contributed by atoms with Gasteiger partial charge in [0.15, 0.2) is 5.96 Å². The zero-order valence-corrected chi connectivity index (χ0v) is 25.9. The number of amides is 2. The van der Waals surface area contributed by atoms with E-state index in [0.29, 0.717) is 43.6 Å². The van der Waals surface area contributed by atoms with Crippen molar-refractivity contribution in [3.05, 3.63) is 35.9 Å². The zero-order chi connectivity index (χ0) is 29.9. The van der Waals surface area contributed by atoms with Gasteiger partial charge in [-0.15, -0.1) is 0 Å². The molecule has 2 amide bonds. The molecule has 4 aliphatic rings. The molecule has 1 aromatic carbocycles. The van der Waals surface area contributed by atoms with E-state index in [-0.39, 0.29) is 40.8 Å². The number of benzene rings is 1. The van der Waals surface area contributed by atoms with Gasteiger partial charge < -0.3 is 30.6 Å². The number of rotatable bonds is 12. The van der Waals surface area contributed by atoms with E-state index in [0.717, 1.165) is 12.0 Å². The van der Waals surface area contributed by atoms with Gasteiger partial charge in [0.05, 0.1) is 23.6 Å². The minimum atomic E-state index is -0.722. The second kappa shape index (κ2) is 12.7. The lowest BCUT2D eigenvalue weighted by molar-refractivity contribution is -0.199. The molecule has 0 radical (unpaired) electrons. The molecule has 0 unspecified atom stereocenters. The molecule has 0 spiro atoms. The largest absolute Gasteiger partial charge is 0.481 e. The Morgan fingerprint density at radius 2 is 1.78 bits per heavy atom. The van der Waals surface area contributed by atoms with Crippen molar-refractivity contribution in [2.24, 2.45) is 23.2 Å². The molecule has 1 saturated heterocycles. The van der Waals surface area contributed by atoms with Crippen molar-refractivity contribution in [3.63, 3.8) is 0 Å². The van der Waals surface area contributed by atoms with Crippen molar-refractivity contribution in [2.75, 3.05) is 13.6 Å². The quantitative estimate of drug-likeness (QED) is 0.114. The minimum Gasteiger partial charge on any atom is -0.404 e. The van der Waals surface area contributed by atoms with Crippen LogP contribution in [-0.4, -0.2) is 62.2 Å². The minimum absolute atomic E-state index is 0.0339. The Bertz CT molecular complexity index is 1090. The summed E-state index contributed by atoms with van der Waals surface area (Å²) in [6.45, 7) is 13.5. The van der Waals surface area contributed by atoms with Gasteiger partial charge in [0.2, 0.25) is 11.8 Å². The fourth-order valence-electron chi connectivity index (χ4n) is 7.17. The second-order valence-electron chi connectivity index (χ2n) is 13.5. The van der Waals surface area contributed by atoms with Crippen molar-refractivity contribution >= 4 is 24.9 Å². The molecule has 1 aromatic rings. The van der Waals surface area contributed by atoms with Crippen molar-refractivity contribution in [1.82, 2.24) is 21.3 Å². The van der Waals surface area contributed by atoms with E-state index in [1.807, 2.05) is 37.3 Å². The Morgan fingerprint density at radius 1 is 1.07 bits per heavy atom. The molecule has 1 aliphatic heterocycles. The van der Waals surface area contributed by atoms with Crippen molar-refractivity contribution in [3.8, 4) is 0 Å². The third-order valence-electron chi connectivity index (χ3n) is 9.90. The van der Waals surface area contributed by atoms with E-state index in [2.05, 4.69) is 55.9 Å². The first-order valence-corrected chi connectivity index (χ1v) is 15.4. The van der Waals surface area contributed by atoms with Gasteiger partial charge in [-0.1, -0.05) is 58.0 Å². The molecule has 3 aliphatic carbocycles. The molecule has 10 heteroatoms. The SMILES string of the molecule is CNC(=N)NCCC[C@H](NC(=O)[C@@H](C)c1ccccc1)C(=O)N[C@@H](CC(C)C)B1O[C@@H]2C[C@@H]3C[C@@H](C3(C)C)[C@]2(C)O1. The Labute approximate surface area is 246 Å². The second-order valence-corrected chi connectivity index (χ2v) is 13.5. The summed E-state index contributed by atoms with van der Waals surface area (Å²) in [4.78, 5) is 27.1. The molecule has 5 rings (SSSR count). The van der Waals surface area contributed by atoms with Crippen molar-refractivity contribution in [2.45, 2.75) is 103 Å². The predicted molar refractivity (Wildman–Crippen MR) is 162 cm³/mol. The molecule has 0 aromatic heterocycles. The van der Waals surface area contributed by atoms with Gasteiger partial charge >= 0.3 is 7.12 Å². The highest BCUT2D eigenvalue weighted by molar-refractivity contribution is 6.48. The molecule has 5 N–H and O–H groups in total. The lowest BCUT2D eigenvalue weighted by atomic mass is 9.43. The Balaban J connectivity index is 1.46. The van der Waals surface area contributed by atoms with Gasteiger partial charge in [0.25, 0.3) is 0 Å². The molecule has 7 atom stereocenters. The molecular weight excluding hydrogens is 517 g/mol. The van der Waals surface area contributed by atoms with E-state index in [1.54, 1.807) is 7.05 Å². The molecule has 2 bridgehead atoms. The summed E-state index contributed by atoms with van der Waals surface area (Å²) in [5.74, 6) is 0.475. The fourth-order valence-corrected chi connectivity index (χ4v) is 7.17. The number of carbonyl (C=O) groups is 2. The standard InChI is InChI=1S/C31H50BN5O4/c1-19(2)16-26(32-40-25-18-22-17-24(30(22,4)5)31(25,6)41-32)37-28(39)23(14-11-15-35-29(33)34-7)36-27(38)20(3)21-12-9-8-10-13-21/h8-10,12-13,19-20,22-26H,11,14-18H2,1-7H3,(H,36,38)(H,37,39)(H3,33,34,35)/t20-,22-,23-,24-,25+,26-,31-/m0/s1. The average Bonchev–Trinajstić information content (AvgIpc) is 3.30. The van der Waals surface area contributed by atoms with Gasteiger partial charge in [0.1, 0.15) is 6.04 Å². The molecule has 1 heterocycles. The Kier molecular flexibility index (Phi) is 9.74. The van der Waals surface area contributed by atoms with Crippen LogP contribution in [0.3, 0.4) is 0 Å². The number of nitrogens with one attached hydrogen (secondary N) is 5. The monoisotopic (exact) mass is 567 g/mol. The normalized spacial score (nSPS) is 28.1. The maximum atomic E-state index is 13.8. The van der Waals surface area contributed by atoms with Crippen LogP contribution in [0, 0.1) is 28.6 Å². The fraction of sp³-hybridized carbons (Fsp3) is 0.710. The summed E-state index contributed by atoms with van der Waals surface area (Å²) in [7, 11) is 1.16. The zero-order valence-electron chi connectivity index (χ0n) is 25.9. The number of hydrogen-bond acceptors (Lipinski definition) is 5. The molecule has 9 nitrogen and oxygen atoms in total. The lowest BCUT2D eigenvalue weighted by Gasteiger charge is -2.64. The Hall–Kier alpha value is -2.59. The molecule has 4 fully saturated rings. The smallest absolute Gasteiger partial charge is 0.404 e. The van der Waals surface area contributed by atoms with Crippen molar-refractivity contribution < 1.29 is 18.9 Å². The molecule has 226 valence electrons. The number of guanidine groups is 1. The Morgan fingerprint density at radius 3 is 2.41 bits per heavy atom. The highest BCUT2D eigenvalue weighted by atomic mass is 16.7. The maximum Gasteiger partial charge on any atom is 0.481 e. The third-order valence-corrected chi connectivity index (χ3v) is 9.90. The van der Waals surface area contributed by atoms with Crippen LogP contribution < -0.4 is 21.3 Å². The molecular formula is C31H50BN5O4. The van der Waals surface area contributed by atoms with Crippen LogP contribution in [-0.2, 0) is 18.9 Å². The first-order valence-electron chi connectivity index (χ1n) is 15.4. The molecule has 41 heavy (non-hydrogen) atoms. The van der Waals surface area contributed by atoms with Crippen LogP contribution in [0.1, 0.15) is 85.1 Å². The van der Waals surface area contributed by atoms with Crippen LogP contribution in [0.25, 0.3) is 0 Å². The highest BCUT2D eigenvalue weighted by Crippen LogP contribution is 2.65. The van der Waals surface area contributed by atoms with Crippen LogP contribution >= 0.6 is 0 Å².